The smallest absolute Gasteiger partial charge is 0.323 e. The number of hydrogen-bond donors (Lipinski definition) is 1. The van der Waals surface area contributed by atoms with E-state index in [2.05, 4.69) is 17.3 Å². The molecule has 114 valence electrons. The standard InChI is InChI=1S/C16H28N2O2/c1-18-10-8-13(9-11-18)20-16(19)15-7-6-12-4-2-3-5-14(12)17-15/h12-15,17H,2-11H2,1H3. The third-order valence-electron chi connectivity index (χ3n) is 5.38. The van der Waals surface area contributed by atoms with Gasteiger partial charge >= 0.3 is 5.97 Å². The summed E-state index contributed by atoms with van der Waals surface area (Å²) in [5.41, 5.74) is 0. The second-order valence-electron chi connectivity index (χ2n) is 6.89. The van der Waals surface area contributed by atoms with E-state index in [9.17, 15) is 4.79 Å². The number of ether oxygens (including phenoxy) is 1. The molecule has 0 radical (unpaired) electrons. The summed E-state index contributed by atoms with van der Waals surface area (Å²) in [6.07, 6.45) is 9.54. The lowest BCUT2D eigenvalue weighted by atomic mass is 9.78. The molecule has 0 aromatic carbocycles. The van der Waals surface area contributed by atoms with Crippen LogP contribution in [-0.4, -0.2) is 49.2 Å². The van der Waals surface area contributed by atoms with E-state index in [1.54, 1.807) is 0 Å². The van der Waals surface area contributed by atoms with Crippen LogP contribution in [0.1, 0.15) is 51.4 Å². The molecule has 3 rings (SSSR count). The fourth-order valence-electron chi connectivity index (χ4n) is 4.03. The van der Waals surface area contributed by atoms with Gasteiger partial charge in [-0.2, -0.15) is 0 Å². The first-order chi connectivity index (χ1) is 9.72. The monoisotopic (exact) mass is 280 g/mol. The van der Waals surface area contributed by atoms with Gasteiger partial charge in [0.05, 0.1) is 0 Å². The van der Waals surface area contributed by atoms with Crippen LogP contribution >= 0.6 is 0 Å². The molecule has 3 atom stereocenters. The number of piperidine rings is 2. The summed E-state index contributed by atoms with van der Waals surface area (Å²) in [5, 5.41) is 3.57. The number of esters is 1. The maximum atomic E-state index is 12.3. The summed E-state index contributed by atoms with van der Waals surface area (Å²) in [7, 11) is 2.13. The number of rotatable bonds is 2. The molecule has 3 aliphatic rings. The van der Waals surface area contributed by atoms with Gasteiger partial charge in [-0.25, -0.2) is 0 Å². The number of hydrogen-bond acceptors (Lipinski definition) is 4. The molecule has 0 amide bonds. The Labute approximate surface area is 122 Å². The van der Waals surface area contributed by atoms with E-state index in [4.69, 9.17) is 4.74 Å². The predicted molar refractivity (Wildman–Crippen MR) is 78.5 cm³/mol. The Balaban J connectivity index is 1.47. The van der Waals surface area contributed by atoms with Gasteiger partial charge in [0.1, 0.15) is 12.1 Å². The second-order valence-corrected chi connectivity index (χ2v) is 6.89. The Bertz CT molecular complexity index is 339. The zero-order valence-corrected chi connectivity index (χ0v) is 12.6. The maximum Gasteiger partial charge on any atom is 0.323 e. The fourth-order valence-corrected chi connectivity index (χ4v) is 4.03. The molecule has 1 N–H and O–H groups in total. The van der Waals surface area contributed by atoms with E-state index in [0.717, 1.165) is 38.3 Å². The molecule has 0 bridgehead atoms. The lowest BCUT2D eigenvalue weighted by Gasteiger charge is -2.40. The SMILES string of the molecule is CN1CCC(OC(=O)C2CCC3CCCCC3N2)CC1. The van der Waals surface area contributed by atoms with E-state index >= 15 is 0 Å². The summed E-state index contributed by atoms with van der Waals surface area (Å²) in [6, 6.07) is 0.515. The minimum Gasteiger partial charge on any atom is -0.461 e. The lowest BCUT2D eigenvalue weighted by molar-refractivity contribution is -0.155. The van der Waals surface area contributed by atoms with Gasteiger partial charge in [0.2, 0.25) is 0 Å². The number of carbonyl (C=O) groups is 1. The molecule has 0 aromatic rings. The highest BCUT2D eigenvalue weighted by Crippen LogP contribution is 2.32. The van der Waals surface area contributed by atoms with Crippen LogP contribution in [0.25, 0.3) is 0 Å². The highest BCUT2D eigenvalue weighted by molar-refractivity contribution is 5.76. The minimum atomic E-state index is -0.0472. The molecule has 1 saturated carbocycles. The number of fused-ring (bicyclic) bond motifs is 1. The molecule has 2 aliphatic heterocycles. The van der Waals surface area contributed by atoms with Crippen molar-refractivity contribution in [3.63, 3.8) is 0 Å². The van der Waals surface area contributed by atoms with Crippen LogP contribution in [0.15, 0.2) is 0 Å². The molecule has 4 heteroatoms. The number of carbonyl (C=O) groups excluding carboxylic acids is 1. The van der Waals surface area contributed by atoms with Crippen molar-refractivity contribution in [2.45, 2.75) is 69.6 Å². The molecular formula is C16H28N2O2. The summed E-state index contributed by atoms with van der Waals surface area (Å²) >= 11 is 0. The molecule has 0 aromatic heterocycles. The van der Waals surface area contributed by atoms with Gasteiger partial charge in [0.15, 0.2) is 0 Å². The Morgan fingerprint density at radius 2 is 1.80 bits per heavy atom. The summed E-state index contributed by atoms with van der Waals surface area (Å²) in [5.74, 6) is 0.805. The van der Waals surface area contributed by atoms with Crippen molar-refractivity contribution >= 4 is 5.97 Å². The highest BCUT2D eigenvalue weighted by atomic mass is 16.5. The number of nitrogens with zero attached hydrogens (tertiary/aromatic N) is 1. The third kappa shape index (κ3) is 3.34. The fraction of sp³-hybridized carbons (Fsp3) is 0.938. The molecular weight excluding hydrogens is 252 g/mol. The summed E-state index contributed by atoms with van der Waals surface area (Å²) in [4.78, 5) is 14.6. The first-order valence-electron chi connectivity index (χ1n) is 8.37. The largest absolute Gasteiger partial charge is 0.461 e. The van der Waals surface area contributed by atoms with Crippen molar-refractivity contribution in [3.05, 3.63) is 0 Å². The van der Waals surface area contributed by atoms with Crippen LogP contribution in [0.3, 0.4) is 0 Å². The van der Waals surface area contributed by atoms with E-state index in [0.29, 0.717) is 6.04 Å². The maximum absolute atomic E-state index is 12.3. The van der Waals surface area contributed by atoms with E-state index in [1.807, 2.05) is 0 Å². The van der Waals surface area contributed by atoms with Gasteiger partial charge in [-0.1, -0.05) is 12.8 Å². The van der Waals surface area contributed by atoms with Crippen LogP contribution in [0, 0.1) is 5.92 Å². The second kappa shape index (κ2) is 6.44. The van der Waals surface area contributed by atoms with Crippen LogP contribution in [0.5, 0.6) is 0 Å². The van der Waals surface area contributed by atoms with E-state index in [1.165, 1.54) is 32.1 Å². The van der Waals surface area contributed by atoms with Gasteiger partial charge < -0.3 is 15.0 Å². The molecule has 2 heterocycles. The lowest BCUT2D eigenvalue weighted by Crippen LogP contribution is -2.53. The van der Waals surface area contributed by atoms with Gasteiger partial charge in [-0.05, 0) is 51.5 Å². The molecule has 4 nitrogen and oxygen atoms in total. The van der Waals surface area contributed by atoms with Gasteiger partial charge in [-0.3, -0.25) is 4.79 Å². The van der Waals surface area contributed by atoms with Crippen LogP contribution in [0.4, 0.5) is 0 Å². The molecule has 2 saturated heterocycles. The predicted octanol–water partition coefficient (Wildman–Crippen LogP) is 1.93. The average Bonchev–Trinajstić information content (AvgIpc) is 2.49. The van der Waals surface area contributed by atoms with Gasteiger partial charge in [-0.15, -0.1) is 0 Å². The van der Waals surface area contributed by atoms with Crippen molar-refractivity contribution in [1.29, 1.82) is 0 Å². The number of likely N-dealkylation sites (tertiary alicyclic amines) is 1. The Kier molecular flexibility index (Phi) is 4.61. The highest BCUT2D eigenvalue weighted by Gasteiger charge is 2.36. The molecule has 0 spiro atoms. The summed E-state index contributed by atoms with van der Waals surface area (Å²) in [6.45, 7) is 2.08. The topological polar surface area (TPSA) is 41.6 Å². The Morgan fingerprint density at radius 1 is 1.05 bits per heavy atom. The van der Waals surface area contributed by atoms with Gasteiger partial charge in [0.25, 0.3) is 0 Å². The van der Waals surface area contributed by atoms with E-state index in [-0.39, 0.29) is 18.1 Å². The summed E-state index contributed by atoms with van der Waals surface area (Å²) < 4.78 is 5.73. The third-order valence-corrected chi connectivity index (χ3v) is 5.38. The molecule has 1 aliphatic carbocycles. The Morgan fingerprint density at radius 3 is 2.60 bits per heavy atom. The zero-order valence-electron chi connectivity index (χ0n) is 12.6. The average molecular weight is 280 g/mol. The first kappa shape index (κ1) is 14.3. The quantitative estimate of drug-likeness (QED) is 0.785. The van der Waals surface area contributed by atoms with Crippen molar-refractivity contribution in [1.82, 2.24) is 10.2 Å². The normalized spacial score (nSPS) is 36.4. The van der Waals surface area contributed by atoms with Crippen molar-refractivity contribution in [2.75, 3.05) is 20.1 Å². The van der Waals surface area contributed by atoms with Gasteiger partial charge in [0, 0.05) is 19.1 Å². The molecule has 3 fully saturated rings. The Hall–Kier alpha value is -0.610. The number of nitrogens with one attached hydrogen (secondary N) is 1. The van der Waals surface area contributed by atoms with Crippen LogP contribution in [-0.2, 0) is 9.53 Å². The van der Waals surface area contributed by atoms with Crippen molar-refractivity contribution in [3.8, 4) is 0 Å². The molecule has 20 heavy (non-hydrogen) atoms. The first-order valence-corrected chi connectivity index (χ1v) is 8.37. The van der Waals surface area contributed by atoms with Crippen LogP contribution < -0.4 is 5.32 Å². The van der Waals surface area contributed by atoms with Crippen LogP contribution in [0.2, 0.25) is 0 Å². The van der Waals surface area contributed by atoms with E-state index < -0.39 is 0 Å². The minimum absolute atomic E-state index is 0.00331. The van der Waals surface area contributed by atoms with Crippen molar-refractivity contribution < 1.29 is 9.53 Å². The molecule has 3 unspecified atom stereocenters. The zero-order chi connectivity index (χ0) is 13.9. The van der Waals surface area contributed by atoms with Crippen molar-refractivity contribution in [2.24, 2.45) is 5.92 Å².